The molecule has 1 saturated heterocycles. The van der Waals surface area contributed by atoms with E-state index in [4.69, 9.17) is 0 Å². The molecule has 0 radical (unpaired) electrons. The van der Waals surface area contributed by atoms with Crippen LogP contribution in [-0.2, 0) is 11.2 Å². The maximum atomic E-state index is 12.3. The predicted octanol–water partition coefficient (Wildman–Crippen LogP) is 2.76. The number of amides is 1. The lowest BCUT2D eigenvalue weighted by molar-refractivity contribution is -0.124. The molecule has 22 heavy (non-hydrogen) atoms. The molecule has 2 fully saturated rings. The molecule has 3 rings (SSSR count). The second-order valence-corrected chi connectivity index (χ2v) is 7.58. The lowest BCUT2D eigenvalue weighted by Gasteiger charge is -2.27. The van der Waals surface area contributed by atoms with E-state index < -0.39 is 0 Å². The van der Waals surface area contributed by atoms with Crippen LogP contribution >= 0.6 is 0 Å². The van der Waals surface area contributed by atoms with Crippen LogP contribution < -0.4 is 10.6 Å². The maximum Gasteiger partial charge on any atom is 0.224 e. The van der Waals surface area contributed by atoms with E-state index in [-0.39, 0.29) is 17.4 Å². The Balaban J connectivity index is 1.37. The van der Waals surface area contributed by atoms with Crippen LogP contribution in [0.5, 0.6) is 0 Å². The smallest absolute Gasteiger partial charge is 0.224 e. The minimum atomic E-state index is -0.0852. The van der Waals surface area contributed by atoms with Crippen molar-refractivity contribution in [2.24, 2.45) is 17.8 Å². The van der Waals surface area contributed by atoms with Crippen LogP contribution in [0, 0.1) is 17.8 Å². The standard InChI is InChI=1S/C19H28N2O/c1-19(2,11-7-6-10-14-8-4-3-5-9-14)21-18(22)17-15-12-20-13-16(15)17/h3-5,8-9,15-17,20H,6-7,10-13H2,1-2H3,(H,21,22)/t15-,16+,17+. The van der Waals surface area contributed by atoms with Crippen LogP contribution in [0.3, 0.4) is 0 Å². The van der Waals surface area contributed by atoms with E-state index in [1.165, 1.54) is 12.0 Å². The molecule has 0 bridgehead atoms. The molecule has 2 aliphatic rings. The summed E-state index contributed by atoms with van der Waals surface area (Å²) in [6, 6.07) is 10.6. The zero-order chi connectivity index (χ0) is 15.6. The Morgan fingerprint density at radius 3 is 2.55 bits per heavy atom. The summed E-state index contributed by atoms with van der Waals surface area (Å²) in [6.45, 7) is 6.37. The summed E-state index contributed by atoms with van der Waals surface area (Å²) >= 11 is 0. The first-order valence-electron chi connectivity index (χ1n) is 8.63. The van der Waals surface area contributed by atoms with Crippen LogP contribution in [0.15, 0.2) is 30.3 Å². The highest BCUT2D eigenvalue weighted by atomic mass is 16.2. The Bertz CT molecular complexity index is 501. The van der Waals surface area contributed by atoms with Crippen molar-refractivity contribution in [3.8, 4) is 0 Å². The summed E-state index contributed by atoms with van der Waals surface area (Å²) < 4.78 is 0. The fourth-order valence-electron chi connectivity index (χ4n) is 3.83. The van der Waals surface area contributed by atoms with Gasteiger partial charge in [-0.3, -0.25) is 4.79 Å². The van der Waals surface area contributed by atoms with E-state index in [9.17, 15) is 4.79 Å². The fraction of sp³-hybridized carbons (Fsp3) is 0.632. The van der Waals surface area contributed by atoms with Crippen molar-refractivity contribution in [2.45, 2.75) is 45.1 Å². The number of carbonyl (C=O) groups excluding carboxylic acids is 1. The molecular formula is C19H28N2O. The van der Waals surface area contributed by atoms with Gasteiger partial charge in [0.1, 0.15) is 0 Å². The van der Waals surface area contributed by atoms with E-state index in [1.54, 1.807) is 0 Å². The number of fused-ring (bicyclic) bond motifs is 1. The van der Waals surface area contributed by atoms with Gasteiger partial charge in [-0.05, 0) is 63.6 Å². The quantitative estimate of drug-likeness (QED) is 0.760. The molecule has 1 saturated carbocycles. The summed E-state index contributed by atoms with van der Waals surface area (Å²) in [7, 11) is 0. The third-order valence-electron chi connectivity index (χ3n) is 5.22. The average Bonchev–Trinajstić information content (AvgIpc) is 2.98. The predicted molar refractivity (Wildman–Crippen MR) is 89.6 cm³/mol. The number of benzene rings is 1. The Kier molecular flexibility index (Phi) is 4.53. The van der Waals surface area contributed by atoms with Gasteiger partial charge in [-0.25, -0.2) is 0 Å². The van der Waals surface area contributed by atoms with Crippen LogP contribution in [0.25, 0.3) is 0 Å². The Labute approximate surface area is 133 Å². The topological polar surface area (TPSA) is 41.1 Å². The normalized spacial score (nSPS) is 26.5. The van der Waals surface area contributed by atoms with Gasteiger partial charge in [0.15, 0.2) is 0 Å². The van der Waals surface area contributed by atoms with Gasteiger partial charge in [-0.15, -0.1) is 0 Å². The summed E-state index contributed by atoms with van der Waals surface area (Å²) in [5.41, 5.74) is 1.32. The number of hydrogen-bond acceptors (Lipinski definition) is 2. The van der Waals surface area contributed by atoms with Crippen molar-refractivity contribution in [1.29, 1.82) is 0 Å². The highest BCUT2D eigenvalue weighted by molar-refractivity contribution is 5.83. The van der Waals surface area contributed by atoms with E-state index >= 15 is 0 Å². The van der Waals surface area contributed by atoms with E-state index in [1.807, 2.05) is 0 Å². The largest absolute Gasteiger partial charge is 0.351 e. The van der Waals surface area contributed by atoms with Gasteiger partial charge in [0.2, 0.25) is 5.91 Å². The van der Waals surface area contributed by atoms with Gasteiger partial charge in [0, 0.05) is 11.5 Å². The van der Waals surface area contributed by atoms with Crippen molar-refractivity contribution in [1.82, 2.24) is 10.6 Å². The van der Waals surface area contributed by atoms with Gasteiger partial charge < -0.3 is 10.6 Å². The molecule has 1 heterocycles. The number of rotatable bonds is 7. The van der Waals surface area contributed by atoms with Gasteiger partial charge in [-0.1, -0.05) is 36.8 Å². The molecule has 2 N–H and O–H groups in total. The average molecular weight is 300 g/mol. The zero-order valence-corrected chi connectivity index (χ0v) is 13.8. The second-order valence-electron chi connectivity index (χ2n) is 7.58. The third-order valence-corrected chi connectivity index (χ3v) is 5.22. The maximum absolute atomic E-state index is 12.3. The molecule has 120 valence electrons. The Morgan fingerprint density at radius 2 is 1.86 bits per heavy atom. The lowest BCUT2D eigenvalue weighted by atomic mass is 9.95. The Morgan fingerprint density at radius 1 is 1.18 bits per heavy atom. The molecule has 0 unspecified atom stereocenters. The zero-order valence-electron chi connectivity index (χ0n) is 13.8. The van der Waals surface area contributed by atoms with Gasteiger partial charge in [-0.2, -0.15) is 0 Å². The first kappa shape index (κ1) is 15.5. The van der Waals surface area contributed by atoms with Crippen molar-refractivity contribution < 1.29 is 4.79 Å². The summed E-state index contributed by atoms with van der Waals surface area (Å²) in [5, 5.41) is 6.63. The number of hydrogen-bond donors (Lipinski definition) is 2. The lowest BCUT2D eigenvalue weighted by Crippen LogP contribution is -2.45. The first-order valence-corrected chi connectivity index (χ1v) is 8.63. The van der Waals surface area contributed by atoms with Crippen LogP contribution in [-0.4, -0.2) is 24.5 Å². The Hall–Kier alpha value is -1.35. The first-order chi connectivity index (χ1) is 10.6. The third kappa shape index (κ3) is 3.70. The van der Waals surface area contributed by atoms with Crippen LogP contribution in [0.1, 0.15) is 38.7 Å². The van der Waals surface area contributed by atoms with Gasteiger partial charge in [0.05, 0.1) is 0 Å². The van der Waals surface area contributed by atoms with Crippen LogP contribution in [0.4, 0.5) is 0 Å². The number of aryl methyl sites for hydroxylation is 1. The molecule has 0 aromatic heterocycles. The highest BCUT2D eigenvalue weighted by Gasteiger charge is 2.57. The molecule has 1 aromatic rings. The SMILES string of the molecule is CC(C)(CCCCc1ccccc1)NC(=O)[C@H]1[C@@H]2CNC[C@@H]21. The minimum absolute atomic E-state index is 0.0852. The number of unbranched alkanes of at least 4 members (excludes halogenated alkanes) is 1. The van der Waals surface area contributed by atoms with Crippen molar-refractivity contribution in [3.05, 3.63) is 35.9 Å². The minimum Gasteiger partial charge on any atom is -0.351 e. The molecule has 3 atom stereocenters. The number of piperidine rings is 1. The summed E-state index contributed by atoms with van der Waals surface area (Å²) in [5.74, 6) is 1.78. The molecular weight excluding hydrogens is 272 g/mol. The van der Waals surface area contributed by atoms with Gasteiger partial charge in [0.25, 0.3) is 0 Å². The molecule has 1 aromatic carbocycles. The van der Waals surface area contributed by atoms with Gasteiger partial charge >= 0.3 is 0 Å². The second kappa shape index (κ2) is 6.41. The molecule has 1 amide bonds. The van der Waals surface area contributed by atoms with Crippen molar-refractivity contribution >= 4 is 5.91 Å². The highest BCUT2D eigenvalue weighted by Crippen LogP contribution is 2.48. The number of nitrogens with one attached hydrogen (secondary N) is 2. The molecule has 1 aliphatic carbocycles. The van der Waals surface area contributed by atoms with Crippen molar-refractivity contribution in [2.75, 3.05) is 13.1 Å². The molecule has 0 spiro atoms. The fourth-order valence-corrected chi connectivity index (χ4v) is 3.83. The van der Waals surface area contributed by atoms with Crippen molar-refractivity contribution in [3.63, 3.8) is 0 Å². The summed E-state index contributed by atoms with van der Waals surface area (Å²) in [6.07, 6.45) is 4.51. The number of carbonyl (C=O) groups is 1. The van der Waals surface area contributed by atoms with E-state index in [0.717, 1.165) is 32.4 Å². The molecule has 3 nitrogen and oxygen atoms in total. The van der Waals surface area contributed by atoms with E-state index in [0.29, 0.717) is 11.8 Å². The molecule has 3 heteroatoms. The van der Waals surface area contributed by atoms with E-state index in [2.05, 4.69) is 54.8 Å². The van der Waals surface area contributed by atoms with Crippen LogP contribution in [0.2, 0.25) is 0 Å². The summed E-state index contributed by atoms with van der Waals surface area (Å²) in [4.78, 5) is 12.3. The molecule has 1 aliphatic heterocycles. The monoisotopic (exact) mass is 300 g/mol.